The van der Waals surface area contributed by atoms with Crippen LogP contribution in [0.4, 0.5) is 0 Å². The van der Waals surface area contributed by atoms with E-state index in [1.807, 2.05) is 24.3 Å². The second kappa shape index (κ2) is 7.23. The van der Waals surface area contributed by atoms with Gasteiger partial charge in [-0.15, -0.1) is 10.2 Å². The maximum absolute atomic E-state index is 11.2. The molecule has 3 rings (SSSR count). The molecule has 1 heterocycles. The lowest BCUT2D eigenvalue weighted by atomic mass is 10.1. The molecule has 2 aromatic carbocycles. The molecule has 0 aliphatic heterocycles. The smallest absolute Gasteiger partial charge is 0.336 e. The minimum Gasteiger partial charge on any atom is -0.478 e. The first-order valence-corrected chi connectivity index (χ1v) is 7.98. The minimum atomic E-state index is -0.976. The Morgan fingerprint density at radius 2 is 1.96 bits per heavy atom. The number of aromatic nitrogens is 2. The third-order valence-corrected chi connectivity index (χ3v) is 3.82. The highest BCUT2D eigenvalue weighted by atomic mass is 79.9. The molecule has 0 saturated heterocycles. The molecule has 0 amide bonds. The minimum absolute atomic E-state index is 0.225. The highest BCUT2D eigenvalue weighted by Gasteiger charge is 2.08. The van der Waals surface area contributed by atoms with Crippen molar-refractivity contribution in [3.8, 4) is 0 Å². The van der Waals surface area contributed by atoms with E-state index in [0.717, 1.165) is 10.0 Å². The molecule has 0 bridgehead atoms. The molecule has 120 valence electrons. The molecule has 0 atom stereocenters. The van der Waals surface area contributed by atoms with Crippen molar-refractivity contribution in [2.24, 2.45) is 0 Å². The van der Waals surface area contributed by atoms with E-state index in [9.17, 15) is 4.79 Å². The predicted molar refractivity (Wildman–Crippen MR) is 93.6 cm³/mol. The van der Waals surface area contributed by atoms with Crippen LogP contribution in [0.5, 0.6) is 0 Å². The molecule has 3 aromatic rings. The fourth-order valence-electron chi connectivity index (χ4n) is 2.23. The Kier molecular flexibility index (Phi) is 4.86. The molecule has 0 spiro atoms. The van der Waals surface area contributed by atoms with Gasteiger partial charge in [0.15, 0.2) is 0 Å². The second-order valence-electron chi connectivity index (χ2n) is 5.07. The first-order valence-electron chi connectivity index (χ1n) is 7.19. The SMILES string of the molecule is O=C(O)c1ccccc1C=Cc1nnc(Cc2cccc(Br)c2)o1. The summed E-state index contributed by atoms with van der Waals surface area (Å²) in [5.74, 6) is -0.143. The normalized spacial score (nSPS) is 11.0. The van der Waals surface area contributed by atoms with Gasteiger partial charge in [-0.1, -0.05) is 46.3 Å². The van der Waals surface area contributed by atoms with Crippen molar-refractivity contribution >= 4 is 34.1 Å². The van der Waals surface area contributed by atoms with Crippen molar-refractivity contribution < 1.29 is 14.3 Å². The standard InChI is InChI=1S/C18H13BrN2O3/c19-14-6-3-4-12(10-14)11-17-21-20-16(24-17)9-8-13-5-1-2-7-15(13)18(22)23/h1-10H,11H2,(H,22,23). The van der Waals surface area contributed by atoms with Gasteiger partial charge in [0.05, 0.1) is 12.0 Å². The first-order chi connectivity index (χ1) is 11.6. The fourth-order valence-corrected chi connectivity index (χ4v) is 2.67. The van der Waals surface area contributed by atoms with Gasteiger partial charge >= 0.3 is 5.97 Å². The molecule has 1 N–H and O–H groups in total. The molecule has 5 nitrogen and oxygen atoms in total. The number of carboxylic acid groups (broad SMARTS) is 1. The van der Waals surface area contributed by atoms with Gasteiger partial charge in [0.25, 0.3) is 0 Å². The zero-order valence-corrected chi connectivity index (χ0v) is 14.1. The van der Waals surface area contributed by atoms with Crippen molar-refractivity contribution in [2.45, 2.75) is 6.42 Å². The van der Waals surface area contributed by atoms with Crippen LogP contribution in [-0.4, -0.2) is 21.3 Å². The van der Waals surface area contributed by atoms with Crippen molar-refractivity contribution in [3.05, 3.63) is 81.5 Å². The van der Waals surface area contributed by atoms with Crippen LogP contribution >= 0.6 is 15.9 Å². The van der Waals surface area contributed by atoms with Crippen molar-refractivity contribution in [1.29, 1.82) is 0 Å². The maximum atomic E-state index is 11.2. The number of hydrogen-bond acceptors (Lipinski definition) is 4. The van der Waals surface area contributed by atoms with E-state index in [2.05, 4.69) is 26.1 Å². The number of aromatic carboxylic acids is 1. The highest BCUT2D eigenvalue weighted by Crippen LogP contribution is 2.16. The molecule has 24 heavy (non-hydrogen) atoms. The van der Waals surface area contributed by atoms with E-state index in [4.69, 9.17) is 9.52 Å². The topological polar surface area (TPSA) is 76.2 Å². The van der Waals surface area contributed by atoms with Gasteiger partial charge in [-0.3, -0.25) is 0 Å². The Balaban J connectivity index is 1.76. The Morgan fingerprint density at radius 1 is 1.12 bits per heavy atom. The second-order valence-corrected chi connectivity index (χ2v) is 5.98. The van der Waals surface area contributed by atoms with E-state index in [-0.39, 0.29) is 5.56 Å². The third kappa shape index (κ3) is 3.97. The van der Waals surface area contributed by atoms with Crippen LogP contribution < -0.4 is 0 Å². The first kappa shape index (κ1) is 16.1. The van der Waals surface area contributed by atoms with Crippen molar-refractivity contribution in [2.75, 3.05) is 0 Å². The van der Waals surface area contributed by atoms with Crippen molar-refractivity contribution in [3.63, 3.8) is 0 Å². The largest absolute Gasteiger partial charge is 0.478 e. The third-order valence-electron chi connectivity index (χ3n) is 3.32. The van der Waals surface area contributed by atoms with Crippen LogP contribution in [-0.2, 0) is 6.42 Å². The molecule has 1 aromatic heterocycles. The van der Waals surface area contributed by atoms with Crippen LogP contribution in [0, 0.1) is 0 Å². The Bertz CT molecular complexity index is 903. The summed E-state index contributed by atoms with van der Waals surface area (Å²) in [4.78, 5) is 11.2. The molecule has 0 radical (unpaired) electrons. The van der Waals surface area contributed by atoms with Gasteiger partial charge in [-0.05, 0) is 35.4 Å². The van der Waals surface area contributed by atoms with Gasteiger partial charge in [0.1, 0.15) is 0 Å². The lowest BCUT2D eigenvalue weighted by Crippen LogP contribution is -1.98. The molecule has 0 saturated carbocycles. The molecular weight excluding hydrogens is 372 g/mol. The number of nitrogens with zero attached hydrogens (tertiary/aromatic N) is 2. The average molecular weight is 385 g/mol. The molecular formula is C18H13BrN2O3. The van der Waals surface area contributed by atoms with Crippen LogP contribution in [0.25, 0.3) is 12.2 Å². The van der Waals surface area contributed by atoms with Gasteiger partial charge in [-0.25, -0.2) is 4.79 Å². The molecule has 6 heteroatoms. The number of benzene rings is 2. The van der Waals surface area contributed by atoms with E-state index < -0.39 is 5.97 Å². The number of rotatable bonds is 5. The average Bonchev–Trinajstić information content (AvgIpc) is 3.00. The quantitative estimate of drug-likeness (QED) is 0.709. The highest BCUT2D eigenvalue weighted by molar-refractivity contribution is 9.10. The number of carboxylic acids is 1. The summed E-state index contributed by atoms with van der Waals surface area (Å²) in [6, 6.07) is 14.6. The van der Waals surface area contributed by atoms with Crippen LogP contribution in [0.15, 0.2) is 57.4 Å². The lowest BCUT2D eigenvalue weighted by molar-refractivity contribution is 0.0696. The van der Waals surface area contributed by atoms with E-state index >= 15 is 0 Å². The number of carbonyl (C=O) groups is 1. The Hall–Kier alpha value is -2.73. The van der Waals surface area contributed by atoms with E-state index in [1.54, 1.807) is 36.4 Å². The summed E-state index contributed by atoms with van der Waals surface area (Å²) in [5, 5.41) is 17.1. The summed E-state index contributed by atoms with van der Waals surface area (Å²) in [7, 11) is 0. The van der Waals surface area contributed by atoms with E-state index in [1.165, 1.54) is 0 Å². The molecule has 0 aliphatic carbocycles. The summed E-state index contributed by atoms with van der Waals surface area (Å²) in [6.07, 6.45) is 3.80. The summed E-state index contributed by atoms with van der Waals surface area (Å²) < 4.78 is 6.57. The Morgan fingerprint density at radius 3 is 2.75 bits per heavy atom. The van der Waals surface area contributed by atoms with Crippen LogP contribution in [0.1, 0.15) is 33.3 Å². The zero-order valence-electron chi connectivity index (χ0n) is 12.5. The van der Waals surface area contributed by atoms with Crippen LogP contribution in [0.3, 0.4) is 0 Å². The fraction of sp³-hybridized carbons (Fsp3) is 0.0556. The lowest BCUT2D eigenvalue weighted by Gasteiger charge is -1.99. The number of hydrogen-bond donors (Lipinski definition) is 1. The van der Waals surface area contributed by atoms with Crippen molar-refractivity contribution in [1.82, 2.24) is 10.2 Å². The van der Waals surface area contributed by atoms with Gasteiger partial charge in [-0.2, -0.15) is 0 Å². The number of halogens is 1. The summed E-state index contributed by atoms with van der Waals surface area (Å²) in [6.45, 7) is 0. The monoisotopic (exact) mass is 384 g/mol. The van der Waals surface area contributed by atoms with Gasteiger partial charge in [0, 0.05) is 10.5 Å². The van der Waals surface area contributed by atoms with Crippen LogP contribution in [0.2, 0.25) is 0 Å². The summed E-state index contributed by atoms with van der Waals surface area (Å²) in [5.41, 5.74) is 1.86. The van der Waals surface area contributed by atoms with Gasteiger partial charge in [0.2, 0.25) is 11.8 Å². The zero-order chi connectivity index (χ0) is 16.9. The molecule has 0 aliphatic rings. The Labute approximate surface area is 146 Å². The summed E-state index contributed by atoms with van der Waals surface area (Å²) >= 11 is 3.42. The predicted octanol–water partition coefficient (Wildman–Crippen LogP) is 4.29. The molecule has 0 unspecified atom stereocenters. The maximum Gasteiger partial charge on any atom is 0.336 e. The molecule has 0 fully saturated rings. The van der Waals surface area contributed by atoms with E-state index in [0.29, 0.717) is 23.8 Å². The van der Waals surface area contributed by atoms with Gasteiger partial charge < -0.3 is 9.52 Å².